The average Bonchev–Trinajstić information content (AvgIpc) is 3.54. The average molecular weight is 471 g/mol. The van der Waals surface area contributed by atoms with Gasteiger partial charge >= 0.3 is 0 Å². The number of nitrogens with zero attached hydrogens (tertiary/aromatic N) is 1. The lowest BCUT2D eigenvalue weighted by atomic mass is 10.0. The minimum atomic E-state index is -0.0948. The summed E-state index contributed by atoms with van der Waals surface area (Å²) in [6.45, 7) is 2.68. The zero-order valence-corrected chi connectivity index (χ0v) is 19.5. The van der Waals surface area contributed by atoms with Crippen molar-refractivity contribution in [3.8, 4) is 22.6 Å². The van der Waals surface area contributed by atoms with Crippen LogP contribution in [0.25, 0.3) is 27.3 Å². The Hall–Kier alpha value is -3.68. The molecule has 172 valence electrons. The molecule has 0 spiro atoms. The molecule has 1 saturated heterocycles. The highest BCUT2D eigenvalue weighted by Gasteiger charge is 2.15. The van der Waals surface area contributed by atoms with E-state index >= 15 is 0 Å². The Kier molecular flexibility index (Phi) is 6.56. The summed E-state index contributed by atoms with van der Waals surface area (Å²) in [5, 5.41) is 9.29. The zero-order valence-electron chi connectivity index (χ0n) is 18.7. The minimum absolute atomic E-state index is 0.0948. The number of nitrogen functional groups attached to an aromatic ring is 1. The van der Waals surface area contributed by atoms with Crippen molar-refractivity contribution < 1.29 is 9.53 Å². The molecular formula is C27H26N4O2S. The molecule has 0 aliphatic carbocycles. The van der Waals surface area contributed by atoms with E-state index in [0.717, 1.165) is 57.8 Å². The van der Waals surface area contributed by atoms with Gasteiger partial charge in [0.2, 0.25) is 5.91 Å². The van der Waals surface area contributed by atoms with Crippen LogP contribution in [0.3, 0.4) is 0 Å². The van der Waals surface area contributed by atoms with Crippen LogP contribution >= 0.6 is 11.3 Å². The number of thiophene rings is 1. The van der Waals surface area contributed by atoms with Gasteiger partial charge in [0.25, 0.3) is 0 Å². The quantitative estimate of drug-likeness (QED) is 0.328. The molecule has 0 bridgehead atoms. The first-order valence-corrected chi connectivity index (χ1v) is 12.2. The Bertz CT molecular complexity index is 1310. The molecule has 2 aromatic carbocycles. The molecule has 0 radical (unpaired) electrons. The van der Waals surface area contributed by atoms with Crippen LogP contribution in [0.1, 0.15) is 12.0 Å². The molecule has 1 atom stereocenters. The van der Waals surface area contributed by atoms with Crippen LogP contribution in [0.5, 0.6) is 11.5 Å². The fourth-order valence-corrected chi connectivity index (χ4v) is 5.18. The number of ether oxygens (including phenoxy) is 1. The van der Waals surface area contributed by atoms with E-state index in [-0.39, 0.29) is 5.91 Å². The van der Waals surface area contributed by atoms with Gasteiger partial charge in [-0.25, -0.2) is 4.98 Å². The molecule has 7 heteroatoms. The second kappa shape index (κ2) is 10.1. The number of pyridine rings is 1. The van der Waals surface area contributed by atoms with Gasteiger partial charge < -0.3 is 21.1 Å². The third kappa shape index (κ3) is 4.95. The number of benzene rings is 2. The molecule has 0 saturated carbocycles. The maximum absolute atomic E-state index is 12.3. The van der Waals surface area contributed by atoms with E-state index in [2.05, 4.69) is 21.0 Å². The lowest BCUT2D eigenvalue weighted by molar-refractivity contribution is -0.116. The first kappa shape index (κ1) is 22.1. The van der Waals surface area contributed by atoms with Crippen molar-refractivity contribution in [3.63, 3.8) is 0 Å². The molecule has 1 aliphatic heterocycles. The number of hydrogen-bond acceptors (Lipinski definition) is 6. The topological polar surface area (TPSA) is 89.3 Å². The maximum Gasteiger partial charge on any atom is 0.244 e. The zero-order chi connectivity index (χ0) is 23.3. The van der Waals surface area contributed by atoms with Gasteiger partial charge in [0, 0.05) is 40.0 Å². The van der Waals surface area contributed by atoms with Gasteiger partial charge in [-0.1, -0.05) is 30.3 Å². The molecule has 2 aromatic heterocycles. The maximum atomic E-state index is 12.3. The van der Waals surface area contributed by atoms with Crippen LogP contribution in [-0.2, 0) is 4.79 Å². The van der Waals surface area contributed by atoms with E-state index in [0.29, 0.717) is 18.3 Å². The Morgan fingerprint density at radius 1 is 1.18 bits per heavy atom. The number of carbonyl (C=O) groups excluding carboxylic acids is 1. The van der Waals surface area contributed by atoms with E-state index in [4.69, 9.17) is 10.5 Å². The number of nitrogens with one attached hydrogen (secondary N) is 2. The van der Waals surface area contributed by atoms with Crippen molar-refractivity contribution in [1.29, 1.82) is 0 Å². The van der Waals surface area contributed by atoms with Crippen molar-refractivity contribution in [2.24, 2.45) is 5.92 Å². The molecule has 6 nitrogen and oxygen atoms in total. The summed E-state index contributed by atoms with van der Waals surface area (Å²) in [7, 11) is 0. The van der Waals surface area contributed by atoms with E-state index in [1.54, 1.807) is 23.6 Å². The van der Waals surface area contributed by atoms with Gasteiger partial charge in [-0.15, -0.1) is 11.3 Å². The number of anilines is 1. The summed E-state index contributed by atoms with van der Waals surface area (Å²) in [5.41, 5.74) is 9.20. The summed E-state index contributed by atoms with van der Waals surface area (Å²) in [6.07, 6.45) is 6.21. The summed E-state index contributed by atoms with van der Waals surface area (Å²) in [5.74, 6) is 2.45. The molecule has 34 heavy (non-hydrogen) atoms. The summed E-state index contributed by atoms with van der Waals surface area (Å²) >= 11 is 1.60. The van der Waals surface area contributed by atoms with E-state index in [1.165, 1.54) is 0 Å². The van der Waals surface area contributed by atoms with Gasteiger partial charge in [-0.05, 0) is 66.7 Å². The lowest BCUT2D eigenvalue weighted by Gasteiger charge is -2.08. The van der Waals surface area contributed by atoms with Gasteiger partial charge in [-0.3, -0.25) is 4.79 Å². The van der Waals surface area contributed by atoms with Gasteiger partial charge in [0.05, 0.1) is 0 Å². The Morgan fingerprint density at radius 2 is 1.97 bits per heavy atom. The molecule has 0 unspecified atom stereocenters. The third-order valence-electron chi connectivity index (χ3n) is 5.94. The number of rotatable bonds is 7. The van der Waals surface area contributed by atoms with Crippen molar-refractivity contribution in [2.45, 2.75) is 6.42 Å². The Morgan fingerprint density at radius 3 is 2.74 bits per heavy atom. The highest BCUT2D eigenvalue weighted by molar-refractivity contribution is 7.18. The van der Waals surface area contributed by atoms with E-state index in [9.17, 15) is 4.79 Å². The highest BCUT2D eigenvalue weighted by Crippen LogP contribution is 2.39. The number of carbonyl (C=O) groups is 1. The monoisotopic (exact) mass is 470 g/mol. The molecule has 1 aliphatic rings. The molecule has 1 fully saturated rings. The lowest BCUT2D eigenvalue weighted by Crippen LogP contribution is -2.28. The van der Waals surface area contributed by atoms with Crippen LogP contribution < -0.4 is 21.1 Å². The minimum Gasteiger partial charge on any atom is -0.457 e. The van der Waals surface area contributed by atoms with Crippen LogP contribution in [0.15, 0.2) is 72.3 Å². The first-order chi connectivity index (χ1) is 16.7. The fraction of sp³-hybridized carbons (Fsp3) is 0.185. The number of nitrogens with two attached hydrogens (primary N) is 1. The second-order valence-corrected chi connectivity index (χ2v) is 9.21. The molecular weight excluding hydrogens is 444 g/mol. The fourth-order valence-electron chi connectivity index (χ4n) is 4.10. The molecule has 5 rings (SSSR count). The predicted octanol–water partition coefficient (Wildman–Crippen LogP) is 5.08. The SMILES string of the molecule is Nc1ncc(/C=C/C(=O)NC[C@@H]2CCNC2)c2scc(-c3ccc(Oc4ccccc4)cc3)c12. The molecule has 3 heterocycles. The van der Waals surface area contributed by atoms with Crippen LogP contribution in [0, 0.1) is 5.92 Å². The standard InChI is InChI=1S/C27H26N4O2S/c28-27-25-23(19-6-9-22(10-7-19)33-21-4-2-1-3-5-21)17-34-26(25)20(16-31-27)8-11-24(32)30-15-18-12-13-29-14-18/h1-11,16-18,29H,12-15H2,(H2,28,31)(H,30,32)/b11-8+/t18-/m1/s1. The van der Waals surface area contributed by atoms with Gasteiger partial charge in [0.1, 0.15) is 17.3 Å². The number of aromatic nitrogens is 1. The summed E-state index contributed by atoms with van der Waals surface area (Å²) in [4.78, 5) is 16.7. The number of fused-ring (bicyclic) bond motifs is 1. The van der Waals surface area contributed by atoms with Crippen molar-refractivity contribution in [2.75, 3.05) is 25.4 Å². The molecule has 4 N–H and O–H groups in total. The normalized spacial score (nSPS) is 15.7. The third-order valence-corrected chi connectivity index (χ3v) is 6.97. The van der Waals surface area contributed by atoms with Crippen LogP contribution in [0.4, 0.5) is 5.82 Å². The Labute approximate surface area is 202 Å². The predicted molar refractivity (Wildman–Crippen MR) is 139 cm³/mol. The van der Waals surface area contributed by atoms with E-state index < -0.39 is 0 Å². The number of amides is 1. The Balaban J connectivity index is 1.34. The first-order valence-electron chi connectivity index (χ1n) is 11.3. The van der Waals surface area contributed by atoms with Crippen molar-refractivity contribution >= 4 is 39.2 Å². The molecule has 4 aromatic rings. The molecule has 1 amide bonds. The van der Waals surface area contributed by atoms with Gasteiger partial charge in [0.15, 0.2) is 0 Å². The highest BCUT2D eigenvalue weighted by atomic mass is 32.1. The number of hydrogen-bond donors (Lipinski definition) is 3. The number of para-hydroxylation sites is 1. The van der Waals surface area contributed by atoms with Gasteiger partial charge in [-0.2, -0.15) is 0 Å². The van der Waals surface area contributed by atoms with Crippen molar-refractivity contribution in [1.82, 2.24) is 15.6 Å². The van der Waals surface area contributed by atoms with Crippen molar-refractivity contribution in [3.05, 3.63) is 77.8 Å². The van der Waals surface area contributed by atoms with Crippen LogP contribution in [-0.4, -0.2) is 30.5 Å². The van der Waals surface area contributed by atoms with E-state index in [1.807, 2.05) is 60.7 Å². The second-order valence-electron chi connectivity index (χ2n) is 8.33. The van der Waals surface area contributed by atoms with Crippen LogP contribution in [0.2, 0.25) is 0 Å². The smallest absolute Gasteiger partial charge is 0.244 e. The summed E-state index contributed by atoms with van der Waals surface area (Å²) in [6, 6.07) is 17.6. The largest absolute Gasteiger partial charge is 0.457 e. The summed E-state index contributed by atoms with van der Waals surface area (Å²) < 4.78 is 6.91.